The highest BCUT2D eigenvalue weighted by Gasteiger charge is 2.25. The highest BCUT2D eigenvalue weighted by Crippen LogP contribution is 2.28. The molecule has 0 radical (unpaired) electrons. The number of nitrogens with zero attached hydrogens (tertiary/aromatic N) is 4. The molecule has 0 aliphatic heterocycles. The van der Waals surface area contributed by atoms with Crippen LogP contribution in [0.4, 0.5) is 5.13 Å². The van der Waals surface area contributed by atoms with Gasteiger partial charge in [0.2, 0.25) is 0 Å². The quantitative estimate of drug-likeness (QED) is 0.855. The Labute approximate surface area is 164 Å². The summed E-state index contributed by atoms with van der Waals surface area (Å²) < 4.78 is 1.78. The minimum absolute atomic E-state index is 0.0907. The molecule has 2 aromatic rings. The fraction of sp³-hybridized carbons (Fsp3) is 0.650. The Balaban J connectivity index is 1.33. The summed E-state index contributed by atoms with van der Waals surface area (Å²) in [7, 11) is 4.04. The Kier molecular flexibility index (Phi) is 5.59. The van der Waals surface area contributed by atoms with Crippen molar-refractivity contribution in [3.63, 3.8) is 0 Å². The van der Waals surface area contributed by atoms with Gasteiger partial charge in [0.05, 0.1) is 11.7 Å². The van der Waals surface area contributed by atoms with E-state index in [4.69, 9.17) is 5.10 Å². The molecular formula is C20H29N5OS. The Hall–Kier alpha value is -1.73. The Bertz CT molecular complexity index is 835. The molecule has 0 amide bonds. The second-order valence-electron chi connectivity index (χ2n) is 8.00. The first-order chi connectivity index (χ1) is 13.1. The van der Waals surface area contributed by atoms with E-state index in [0.717, 1.165) is 55.9 Å². The molecule has 0 aromatic carbocycles. The smallest absolute Gasteiger partial charge is 0.267 e. The van der Waals surface area contributed by atoms with Gasteiger partial charge in [0, 0.05) is 43.8 Å². The minimum Gasteiger partial charge on any atom is -0.354 e. The van der Waals surface area contributed by atoms with Crippen molar-refractivity contribution >= 4 is 16.5 Å². The zero-order chi connectivity index (χ0) is 18.8. The largest absolute Gasteiger partial charge is 0.354 e. The monoisotopic (exact) mass is 387 g/mol. The number of fused-ring (bicyclic) bond motifs is 1. The average molecular weight is 388 g/mol. The number of hydrogen-bond acceptors (Lipinski definition) is 6. The molecule has 0 spiro atoms. The molecule has 4 rings (SSSR count). The van der Waals surface area contributed by atoms with Crippen LogP contribution in [0.25, 0.3) is 0 Å². The maximum atomic E-state index is 12.5. The average Bonchev–Trinajstić information content (AvgIpc) is 3.16. The Morgan fingerprint density at radius 1 is 1.22 bits per heavy atom. The van der Waals surface area contributed by atoms with Crippen LogP contribution < -0.4 is 15.8 Å². The number of thiazole rings is 1. The molecule has 0 atom stereocenters. The molecule has 6 nitrogen and oxygen atoms in total. The van der Waals surface area contributed by atoms with E-state index in [1.807, 2.05) is 31.3 Å². The van der Waals surface area contributed by atoms with Gasteiger partial charge >= 0.3 is 0 Å². The van der Waals surface area contributed by atoms with Gasteiger partial charge in [-0.3, -0.25) is 4.79 Å². The van der Waals surface area contributed by atoms with E-state index in [9.17, 15) is 4.79 Å². The molecule has 1 N–H and O–H groups in total. The minimum atomic E-state index is 0.0907. The SMILES string of the molecule is CN(C)c1ncc(CNC2CCC(n3nc4c(cc3=O)CCCC4)CC2)s1. The fourth-order valence-electron chi connectivity index (χ4n) is 4.19. The summed E-state index contributed by atoms with van der Waals surface area (Å²) in [4.78, 5) is 20.3. The first-order valence-electron chi connectivity index (χ1n) is 10.1. The topological polar surface area (TPSA) is 63.1 Å². The lowest BCUT2D eigenvalue weighted by atomic mass is 9.91. The van der Waals surface area contributed by atoms with Gasteiger partial charge in [-0.25, -0.2) is 9.67 Å². The van der Waals surface area contributed by atoms with Crippen molar-refractivity contribution < 1.29 is 0 Å². The maximum Gasteiger partial charge on any atom is 0.267 e. The predicted molar refractivity (Wildman–Crippen MR) is 110 cm³/mol. The van der Waals surface area contributed by atoms with E-state index in [-0.39, 0.29) is 11.6 Å². The Morgan fingerprint density at radius 3 is 2.74 bits per heavy atom. The van der Waals surface area contributed by atoms with Crippen molar-refractivity contribution in [1.29, 1.82) is 0 Å². The van der Waals surface area contributed by atoms with Gasteiger partial charge < -0.3 is 10.2 Å². The summed E-state index contributed by atoms with van der Waals surface area (Å²) in [5, 5.41) is 9.47. The lowest BCUT2D eigenvalue weighted by Crippen LogP contribution is -2.37. The van der Waals surface area contributed by atoms with Gasteiger partial charge in [-0.15, -0.1) is 11.3 Å². The first-order valence-corrected chi connectivity index (χ1v) is 10.9. The molecular weight excluding hydrogens is 358 g/mol. The van der Waals surface area contributed by atoms with Gasteiger partial charge in [0.1, 0.15) is 0 Å². The summed E-state index contributed by atoms with van der Waals surface area (Å²) in [5.74, 6) is 0. The second kappa shape index (κ2) is 8.10. The molecule has 0 unspecified atom stereocenters. The number of nitrogens with one attached hydrogen (secondary N) is 1. The third-order valence-electron chi connectivity index (χ3n) is 5.76. The molecule has 2 aromatic heterocycles. The van der Waals surface area contributed by atoms with E-state index >= 15 is 0 Å². The summed E-state index contributed by atoms with van der Waals surface area (Å²) in [6.07, 6.45) is 10.6. The third kappa shape index (κ3) is 4.24. The van der Waals surface area contributed by atoms with Crippen LogP contribution in [0.2, 0.25) is 0 Å². The lowest BCUT2D eigenvalue weighted by Gasteiger charge is -2.30. The van der Waals surface area contributed by atoms with Crippen LogP contribution in [-0.2, 0) is 19.4 Å². The molecule has 2 aliphatic carbocycles. The van der Waals surface area contributed by atoms with Crippen LogP contribution in [0.1, 0.15) is 60.7 Å². The van der Waals surface area contributed by atoms with Crippen molar-refractivity contribution in [3.05, 3.63) is 38.8 Å². The van der Waals surface area contributed by atoms with Gasteiger partial charge in [-0.1, -0.05) is 0 Å². The van der Waals surface area contributed by atoms with Crippen molar-refractivity contribution in [1.82, 2.24) is 20.1 Å². The number of hydrogen-bond donors (Lipinski definition) is 1. The van der Waals surface area contributed by atoms with E-state index in [1.165, 1.54) is 23.3 Å². The van der Waals surface area contributed by atoms with Crippen LogP contribution in [0.3, 0.4) is 0 Å². The zero-order valence-corrected chi connectivity index (χ0v) is 17.1. The van der Waals surface area contributed by atoms with Crippen molar-refractivity contribution in [2.45, 2.75) is 70.0 Å². The predicted octanol–water partition coefficient (Wildman–Crippen LogP) is 2.92. The summed E-state index contributed by atoms with van der Waals surface area (Å²) in [6, 6.07) is 2.61. The van der Waals surface area contributed by atoms with Gasteiger partial charge in [-0.05, 0) is 56.9 Å². The summed E-state index contributed by atoms with van der Waals surface area (Å²) >= 11 is 1.74. The number of anilines is 1. The normalized spacial score (nSPS) is 22.4. The third-order valence-corrected chi connectivity index (χ3v) is 6.93. The number of rotatable bonds is 5. The maximum absolute atomic E-state index is 12.5. The van der Waals surface area contributed by atoms with Gasteiger partial charge in [-0.2, -0.15) is 5.10 Å². The van der Waals surface area contributed by atoms with Gasteiger partial charge in [0.25, 0.3) is 5.56 Å². The zero-order valence-electron chi connectivity index (χ0n) is 16.3. The van der Waals surface area contributed by atoms with E-state index in [0.29, 0.717) is 6.04 Å². The first kappa shape index (κ1) is 18.6. The lowest BCUT2D eigenvalue weighted by molar-refractivity contribution is 0.266. The molecule has 1 fully saturated rings. The highest BCUT2D eigenvalue weighted by molar-refractivity contribution is 7.15. The van der Waals surface area contributed by atoms with Crippen molar-refractivity contribution in [2.24, 2.45) is 0 Å². The van der Waals surface area contributed by atoms with Crippen LogP contribution in [0.15, 0.2) is 17.1 Å². The molecule has 1 saturated carbocycles. The summed E-state index contributed by atoms with van der Waals surface area (Å²) in [6.45, 7) is 0.873. The van der Waals surface area contributed by atoms with Crippen LogP contribution in [0, 0.1) is 0 Å². The number of aromatic nitrogens is 3. The van der Waals surface area contributed by atoms with Crippen molar-refractivity contribution in [2.75, 3.05) is 19.0 Å². The second-order valence-corrected chi connectivity index (χ2v) is 9.09. The summed E-state index contributed by atoms with van der Waals surface area (Å²) in [5.41, 5.74) is 2.43. The molecule has 0 bridgehead atoms. The number of aryl methyl sites for hydroxylation is 2. The van der Waals surface area contributed by atoms with Crippen LogP contribution in [-0.4, -0.2) is 34.9 Å². The van der Waals surface area contributed by atoms with Gasteiger partial charge in [0.15, 0.2) is 5.13 Å². The molecule has 2 heterocycles. The molecule has 27 heavy (non-hydrogen) atoms. The molecule has 2 aliphatic rings. The Morgan fingerprint density at radius 2 is 2.00 bits per heavy atom. The van der Waals surface area contributed by atoms with E-state index in [2.05, 4.69) is 10.3 Å². The highest BCUT2D eigenvalue weighted by atomic mass is 32.1. The molecule has 0 saturated heterocycles. The van der Waals surface area contributed by atoms with Crippen LogP contribution >= 0.6 is 11.3 Å². The van der Waals surface area contributed by atoms with E-state index < -0.39 is 0 Å². The standard InChI is InChI=1S/C20H29N5OS/c1-24(2)20-22-13-17(27-20)12-21-15-7-9-16(10-8-15)25-19(26)11-14-5-3-4-6-18(14)23-25/h11,13,15-16,21H,3-10,12H2,1-2H3. The molecule has 7 heteroatoms. The van der Waals surface area contributed by atoms with E-state index in [1.54, 1.807) is 16.0 Å². The fourth-order valence-corrected chi connectivity index (χ4v) is 4.98. The molecule has 146 valence electrons. The van der Waals surface area contributed by atoms with Crippen molar-refractivity contribution in [3.8, 4) is 0 Å². The van der Waals surface area contributed by atoms with Crippen LogP contribution in [0.5, 0.6) is 0 Å².